The SMILES string of the molecule is COc1ccc2nc(C(=O)NCCCN3CCCC3=O)ccc2c1. The van der Waals surface area contributed by atoms with Crippen molar-refractivity contribution in [3.8, 4) is 5.75 Å². The average Bonchev–Trinajstić information content (AvgIpc) is 3.02. The molecule has 1 aromatic carbocycles. The third-order valence-electron chi connectivity index (χ3n) is 4.19. The first kappa shape index (κ1) is 16.2. The maximum atomic E-state index is 12.2. The number of hydrogen-bond acceptors (Lipinski definition) is 4. The Labute approximate surface area is 140 Å². The minimum atomic E-state index is -0.194. The molecule has 0 atom stereocenters. The number of nitrogens with zero attached hydrogens (tertiary/aromatic N) is 2. The molecule has 6 heteroatoms. The second-order valence-electron chi connectivity index (χ2n) is 5.85. The van der Waals surface area contributed by atoms with Crippen LogP contribution < -0.4 is 10.1 Å². The molecule has 1 aromatic heterocycles. The quantitative estimate of drug-likeness (QED) is 0.824. The Bertz CT molecular complexity index is 760. The molecule has 1 fully saturated rings. The lowest BCUT2D eigenvalue weighted by atomic mass is 10.2. The largest absolute Gasteiger partial charge is 0.497 e. The second kappa shape index (κ2) is 7.29. The summed E-state index contributed by atoms with van der Waals surface area (Å²) in [6, 6.07) is 9.12. The molecule has 126 valence electrons. The zero-order chi connectivity index (χ0) is 16.9. The molecule has 0 bridgehead atoms. The normalized spacial score (nSPS) is 14.2. The Morgan fingerprint density at radius 1 is 1.33 bits per heavy atom. The molecule has 2 heterocycles. The minimum absolute atomic E-state index is 0.194. The first-order valence-electron chi connectivity index (χ1n) is 8.18. The number of methoxy groups -OCH3 is 1. The van der Waals surface area contributed by atoms with Crippen LogP contribution in [0.2, 0.25) is 0 Å². The van der Waals surface area contributed by atoms with E-state index >= 15 is 0 Å². The highest BCUT2D eigenvalue weighted by atomic mass is 16.5. The van der Waals surface area contributed by atoms with Gasteiger partial charge < -0.3 is 15.0 Å². The van der Waals surface area contributed by atoms with Gasteiger partial charge in [-0.15, -0.1) is 0 Å². The van der Waals surface area contributed by atoms with Gasteiger partial charge in [-0.05, 0) is 37.1 Å². The Kier molecular flexibility index (Phi) is 4.93. The summed E-state index contributed by atoms with van der Waals surface area (Å²) < 4.78 is 5.18. The molecule has 24 heavy (non-hydrogen) atoms. The van der Waals surface area contributed by atoms with E-state index in [4.69, 9.17) is 4.74 Å². The van der Waals surface area contributed by atoms with E-state index < -0.39 is 0 Å². The lowest BCUT2D eigenvalue weighted by Gasteiger charge is -2.15. The zero-order valence-corrected chi connectivity index (χ0v) is 13.7. The molecule has 1 saturated heterocycles. The number of carbonyl (C=O) groups is 2. The van der Waals surface area contributed by atoms with E-state index in [0.717, 1.165) is 36.0 Å². The monoisotopic (exact) mass is 327 g/mol. The number of benzene rings is 1. The molecule has 1 aliphatic rings. The highest BCUT2D eigenvalue weighted by molar-refractivity contribution is 5.95. The molecule has 0 radical (unpaired) electrons. The molecule has 6 nitrogen and oxygen atoms in total. The van der Waals surface area contributed by atoms with Gasteiger partial charge in [-0.2, -0.15) is 0 Å². The maximum Gasteiger partial charge on any atom is 0.269 e. The molecule has 0 aliphatic carbocycles. The maximum absolute atomic E-state index is 12.2. The number of fused-ring (bicyclic) bond motifs is 1. The van der Waals surface area contributed by atoms with Gasteiger partial charge in [0.25, 0.3) is 5.91 Å². The smallest absolute Gasteiger partial charge is 0.269 e. The van der Waals surface area contributed by atoms with Crippen molar-refractivity contribution in [3.05, 3.63) is 36.0 Å². The summed E-state index contributed by atoms with van der Waals surface area (Å²) >= 11 is 0. The molecule has 0 spiro atoms. The number of nitrogens with one attached hydrogen (secondary N) is 1. The molecule has 3 rings (SSSR count). The van der Waals surface area contributed by atoms with E-state index in [2.05, 4.69) is 10.3 Å². The highest BCUT2D eigenvalue weighted by Crippen LogP contribution is 2.19. The predicted octanol–water partition coefficient (Wildman–Crippen LogP) is 1.99. The fourth-order valence-corrected chi connectivity index (χ4v) is 2.86. The van der Waals surface area contributed by atoms with Gasteiger partial charge in [-0.1, -0.05) is 6.07 Å². The van der Waals surface area contributed by atoms with E-state index in [-0.39, 0.29) is 11.8 Å². The lowest BCUT2D eigenvalue weighted by Crippen LogP contribution is -2.31. The predicted molar refractivity (Wildman–Crippen MR) is 91.1 cm³/mol. The Morgan fingerprint density at radius 3 is 2.96 bits per heavy atom. The van der Waals surface area contributed by atoms with E-state index in [9.17, 15) is 9.59 Å². The van der Waals surface area contributed by atoms with Crippen LogP contribution in [0.25, 0.3) is 10.9 Å². The summed E-state index contributed by atoms with van der Waals surface area (Å²) in [5.74, 6) is 0.784. The van der Waals surface area contributed by atoms with Crippen molar-refractivity contribution < 1.29 is 14.3 Å². The fraction of sp³-hybridized carbons (Fsp3) is 0.389. The van der Waals surface area contributed by atoms with Crippen LogP contribution in [0.3, 0.4) is 0 Å². The van der Waals surface area contributed by atoms with E-state index in [1.807, 2.05) is 29.2 Å². The van der Waals surface area contributed by atoms with Crippen LogP contribution in [0.4, 0.5) is 0 Å². The van der Waals surface area contributed by atoms with Gasteiger partial charge in [-0.3, -0.25) is 9.59 Å². The molecule has 0 unspecified atom stereocenters. The molecule has 0 saturated carbocycles. The number of amides is 2. The van der Waals surface area contributed by atoms with Gasteiger partial charge in [0, 0.05) is 31.4 Å². The molecule has 2 amide bonds. The van der Waals surface area contributed by atoms with Gasteiger partial charge in [0.05, 0.1) is 12.6 Å². The number of pyridine rings is 1. The average molecular weight is 327 g/mol. The van der Waals surface area contributed by atoms with Crippen LogP contribution in [0, 0.1) is 0 Å². The summed E-state index contributed by atoms with van der Waals surface area (Å²) in [6.45, 7) is 2.07. The van der Waals surface area contributed by atoms with Crippen molar-refractivity contribution in [1.29, 1.82) is 0 Å². The van der Waals surface area contributed by atoms with Gasteiger partial charge in [0.1, 0.15) is 11.4 Å². The van der Waals surface area contributed by atoms with Crippen molar-refractivity contribution in [2.24, 2.45) is 0 Å². The third kappa shape index (κ3) is 3.64. The van der Waals surface area contributed by atoms with E-state index in [1.165, 1.54) is 0 Å². The molecular formula is C18H21N3O3. The van der Waals surface area contributed by atoms with Crippen LogP contribution in [-0.4, -0.2) is 48.4 Å². The number of hydrogen-bond donors (Lipinski definition) is 1. The Morgan fingerprint density at radius 2 is 2.21 bits per heavy atom. The van der Waals surface area contributed by atoms with Crippen LogP contribution in [0.5, 0.6) is 5.75 Å². The topological polar surface area (TPSA) is 71.5 Å². The summed E-state index contributed by atoms with van der Waals surface area (Å²) in [5.41, 5.74) is 1.15. The third-order valence-corrected chi connectivity index (χ3v) is 4.19. The number of likely N-dealkylation sites (tertiary alicyclic amines) is 1. The van der Waals surface area contributed by atoms with E-state index in [1.54, 1.807) is 13.2 Å². The fourth-order valence-electron chi connectivity index (χ4n) is 2.86. The van der Waals surface area contributed by atoms with Crippen LogP contribution >= 0.6 is 0 Å². The molecule has 2 aromatic rings. The highest BCUT2D eigenvalue weighted by Gasteiger charge is 2.19. The van der Waals surface area contributed by atoms with Crippen molar-refractivity contribution in [2.45, 2.75) is 19.3 Å². The Hall–Kier alpha value is -2.63. The van der Waals surface area contributed by atoms with Crippen LogP contribution in [-0.2, 0) is 4.79 Å². The van der Waals surface area contributed by atoms with Gasteiger partial charge in [0.15, 0.2) is 0 Å². The van der Waals surface area contributed by atoms with Crippen molar-refractivity contribution in [3.63, 3.8) is 0 Å². The minimum Gasteiger partial charge on any atom is -0.497 e. The number of rotatable bonds is 6. The van der Waals surface area contributed by atoms with Crippen molar-refractivity contribution in [2.75, 3.05) is 26.7 Å². The van der Waals surface area contributed by atoms with Gasteiger partial charge in [0.2, 0.25) is 5.91 Å². The molecule has 1 N–H and O–H groups in total. The van der Waals surface area contributed by atoms with Gasteiger partial charge >= 0.3 is 0 Å². The first-order valence-corrected chi connectivity index (χ1v) is 8.18. The first-order chi connectivity index (χ1) is 11.7. The number of aromatic nitrogens is 1. The number of carbonyl (C=O) groups excluding carboxylic acids is 2. The number of ether oxygens (including phenoxy) is 1. The van der Waals surface area contributed by atoms with E-state index in [0.29, 0.717) is 25.2 Å². The second-order valence-corrected chi connectivity index (χ2v) is 5.85. The molecule has 1 aliphatic heterocycles. The molecular weight excluding hydrogens is 306 g/mol. The lowest BCUT2D eigenvalue weighted by molar-refractivity contribution is -0.127. The summed E-state index contributed by atoms with van der Waals surface area (Å²) in [7, 11) is 1.62. The van der Waals surface area contributed by atoms with Gasteiger partial charge in [-0.25, -0.2) is 4.98 Å². The summed E-state index contributed by atoms with van der Waals surface area (Å²) in [4.78, 5) is 29.9. The van der Waals surface area contributed by atoms with Crippen LogP contribution in [0.15, 0.2) is 30.3 Å². The van der Waals surface area contributed by atoms with Crippen molar-refractivity contribution in [1.82, 2.24) is 15.2 Å². The standard InChI is InChI=1S/C18H21N3O3/c1-24-14-6-8-15-13(12-14)5-7-16(20-15)18(23)19-9-3-11-21-10-2-4-17(21)22/h5-8,12H,2-4,9-11H2,1H3,(H,19,23). The summed E-state index contributed by atoms with van der Waals surface area (Å²) in [5, 5.41) is 3.79. The summed E-state index contributed by atoms with van der Waals surface area (Å²) in [6.07, 6.45) is 2.34. The van der Waals surface area contributed by atoms with Crippen LogP contribution in [0.1, 0.15) is 29.8 Å². The van der Waals surface area contributed by atoms with Crippen molar-refractivity contribution >= 4 is 22.7 Å². The Balaban J connectivity index is 1.54. The zero-order valence-electron chi connectivity index (χ0n) is 13.7.